The highest BCUT2D eigenvalue weighted by Crippen LogP contribution is 2.23. The Morgan fingerprint density at radius 2 is 2.28 bits per heavy atom. The number of likely N-dealkylation sites (N-methyl/N-ethyl adjacent to an activating group) is 1. The van der Waals surface area contributed by atoms with E-state index in [1.807, 2.05) is 24.1 Å². The number of halogens is 1. The summed E-state index contributed by atoms with van der Waals surface area (Å²) in [6, 6.07) is 5.53. The van der Waals surface area contributed by atoms with Crippen molar-refractivity contribution in [3.8, 4) is 0 Å². The first-order valence-electron chi connectivity index (χ1n) is 5.47. The first-order chi connectivity index (χ1) is 8.45. The number of aliphatic hydroxyl groups excluding tert-OH is 1. The number of nitrogens with two attached hydrogens (primary N) is 1. The van der Waals surface area contributed by atoms with Gasteiger partial charge in [-0.3, -0.25) is 5.41 Å². The molecule has 6 heteroatoms. The van der Waals surface area contributed by atoms with Crippen molar-refractivity contribution in [2.24, 2.45) is 5.73 Å². The number of anilines is 1. The number of hydrogen-bond donors (Lipinski definition) is 3. The topological polar surface area (TPSA) is 82.6 Å². The molecule has 4 N–H and O–H groups in total. The highest BCUT2D eigenvalue weighted by molar-refractivity contribution is 9.10. The van der Waals surface area contributed by atoms with Crippen molar-refractivity contribution in [1.29, 1.82) is 5.41 Å². The predicted molar refractivity (Wildman–Crippen MR) is 76.3 cm³/mol. The fraction of sp³-hybridized carbons (Fsp3) is 0.417. The Kier molecular flexibility index (Phi) is 5.58. The standard InChI is InChI=1S/C12H18BrN3O2/c1-16(6-9(17)7-18-2)11-4-3-8(13)5-10(11)12(14)15/h3-5,9,17H,6-7H2,1-2H3,(H3,14,15). The predicted octanol–water partition coefficient (Wildman–Crippen LogP) is 1.18. The number of hydrogen-bond acceptors (Lipinski definition) is 4. The molecule has 100 valence electrons. The Morgan fingerprint density at radius 1 is 1.61 bits per heavy atom. The lowest BCUT2D eigenvalue weighted by Crippen LogP contribution is -2.33. The summed E-state index contributed by atoms with van der Waals surface area (Å²) in [6.07, 6.45) is -0.580. The fourth-order valence-corrected chi connectivity index (χ4v) is 2.08. The maximum atomic E-state index is 9.70. The zero-order valence-corrected chi connectivity index (χ0v) is 12.1. The Morgan fingerprint density at radius 3 is 2.83 bits per heavy atom. The molecule has 0 saturated carbocycles. The van der Waals surface area contributed by atoms with Gasteiger partial charge in [0.2, 0.25) is 0 Å². The summed E-state index contributed by atoms with van der Waals surface area (Å²) < 4.78 is 5.75. The number of benzene rings is 1. The molecule has 0 saturated heterocycles. The van der Waals surface area contributed by atoms with Gasteiger partial charge in [-0.2, -0.15) is 0 Å². The molecular weight excluding hydrogens is 298 g/mol. The molecule has 0 amide bonds. The van der Waals surface area contributed by atoms with E-state index in [0.29, 0.717) is 12.1 Å². The largest absolute Gasteiger partial charge is 0.389 e. The molecule has 0 heterocycles. The molecule has 1 aromatic carbocycles. The van der Waals surface area contributed by atoms with E-state index in [2.05, 4.69) is 15.9 Å². The number of methoxy groups -OCH3 is 1. The number of amidine groups is 1. The van der Waals surface area contributed by atoms with E-state index >= 15 is 0 Å². The van der Waals surface area contributed by atoms with Gasteiger partial charge in [-0.15, -0.1) is 0 Å². The van der Waals surface area contributed by atoms with Crippen molar-refractivity contribution in [1.82, 2.24) is 0 Å². The minimum atomic E-state index is -0.580. The molecule has 0 aliphatic rings. The lowest BCUT2D eigenvalue weighted by Gasteiger charge is -2.24. The minimum absolute atomic E-state index is 0.000573. The van der Waals surface area contributed by atoms with Crippen LogP contribution in [0.3, 0.4) is 0 Å². The van der Waals surface area contributed by atoms with E-state index in [4.69, 9.17) is 15.9 Å². The third-order valence-corrected chi connectivity index (χ3v) is 3.00. The molecule has 0 fully saturated rings. The average Bonchev–Trinajstić information content (AvgIpc) is 2.28. The number of nitrogens with zero attached hydrogens (tertiary/aromatic N) is 1. The number of nitrogen functional groups attached to an aromatic ring is 1. The highest BCUT2D eigenvalue weighted by atomic mass is 79.9. The van der Waals surface area contributed by atoms with Gasteiger partial charge < -0.3 is 20.5 Å². The van der Waals surface area contributed by atoms with Gasteiger partial charge in [-0.25, -0.2) is 0 Å². The molecule has 0 radical (unpaired) electrons. The SMILES string of the molecule is COCC(O)CN(C)c1ccc(Br)cc1C(=N)N. The van der Waals surface area contributed by atoms with Crippen molar-refractivity contribution in [3.63, 3.8) is 0 Å². The summed E-state index contributed by atoms with van der Waals surface area (Å²) in [4.78, 5) is 1.85. The van der Waals surface area contributed by atoms with E-state index in [0.717, 1.165) is 10.2 Å². The first kappa shape index (κ1) is 14.9. The van der Waals surface area contributed by atoms with E-state index in [-0.39, 0.29) is 12.4 Å². The second kappa shape index (κ2) is 6.72. The van der Waals surface area contributed by atoms with Crippen LogP contribution in [0.25, 0.3) is 0 Å². The molecule has 5 nitrogen and oxygen atoms in total. The van der Waals surface area contributed by atoms with Gasteiger partial charge in [0.05, 0.1) is 12.7 Å². The molecule has 1 aromatic rings. The van der Waals surface area contributed by atoms with Crippen LogP contribution >= 0.6 is 15.9 Å². The molecular formula is C12H18BrN3O2. The summed E-state index contributed by atoms with van der Waals surface area (Å²) in [5.74, 6) is -0.000573. The quantitative estimate of drug-likeness (QED) is 0.544. The first-order valence-corrected chi connectivity index (χ1v) is 6.27. The van der Waals surface area contributed by atoms with Crippen LogP contribution in [-0.4, -0.2) is 44.4 Å². The van der Waals surface area contributed by atoms with Crippen molar-refractivity contribution >= 4 is 27.5 Å². The average molecular weight is 316 g/mol. The summed E-state index contributed by atoms with van der Waals surface area (Å²) >= 11 is 3.35. The van der Waals surface area contributed by atoms with Gasteiger partial charge in [0.15, 0.2) is 0 Å². The van der Waals surface area contributed by atoms with E-state index < -0.39 is 6.10 Å². The van der Waals surface area contributed by atoms with Gasteiger partial charge in [-0.1, -0.05) is 15.9 Å². The van der Waals surface area contributed by atoms with Crippen molar-refractivity contribution in [2.45, 2.75) is 6.10 Å². The molecule has 0 aliphatic carbocycles. The van der Waals surface area contributed by atoms with Crippen molar-refractivity contribution < 1.29 is 9.84 Å². The van der Waals surface area contributed by atoms with Crippen molar-refractivity contribution in [3.05, 3.63) is 28.2 Å². The zero-order valence-electron chi connectivity index (χ0n) is 10.5. The van der Waals surface area contributed by atoms with Gasteiger partial charge in [-0.05, 0) is 18.2 Å². The molecule has 0 aromatic heterocycles. The Bertz CT molecular complexity index is 426. The summed E-state index contributed by atoms with van der Waals surface area (Å²) in [5.41, 5.74) is 7.00. The van der Waals surface area contributed by atoms with Crippen LogP contribution in [0.1, 0.15) is 5.56 Å². The summed E-state index contributed by atoms with van der Waals surface area (Å²) in [5, 5.41) is 17.3. The lowest BCUT2D eigenvalue weighted by atomic mass is 10.1. The van der Waals surface area contributed by atoms with Crippen LogP contribution in [0.2, 0.25) is 0 Å². The van der Waals surface area contributed by atoms with Crippen LogP contribution in [0.5, 0.6) is 0 Å². The smallest absolute Gasteiger partial charge is 0.124 e. The van der Waals surface area contributed by atoms with Gasteiger partial charge in [0.25, 0.3) is 0 Å². The molecule has 1 unspecified atom stereocenters. The lowest BCUT2D eigenvalue weighted by molar-refractivity contribution is 0.0695. The fourth-order valence-electron chi connectivity index (χ4n) is 1.72. The van der Waals surface area contributed by atoms with Gasteiger partial charge >= 0.3 is 0 Å². The second-order valence-electron chi connectivity index (χ2n) is 4.06. The monoisotopic (exact) mass is 315 g/mol. The molecule has 0 aliphatic heterocycles. The van der Waals surface area contributed by atoms with Crippen molar-refractivity contribution in [2.75, 3.05) is 32.2 Å². The molecule has 1 atom stereocenters. The molecule has 1 rings (SSSR count). The van der Waals surface area contributed by atoms with E-state index in [1.165, 1.54) is 0 Å². The van der Waals surface area contributed by atoms with Crippen LogP contribution in [0, 0.1) is 5.41 Å². The minimum Gasteiger partial charge on any atom is -0.389 e. The van der Waals surface area contributed by atoms with Crippen LogP contribution in [-0.2, 0) is 4.74 Å². The van der Waals surface area contributed by atoms with E-state index in [1.54, 1.807) is 13.2 Å². The maximum Gasteiger partial charge on any atom is 0.124 e. The normalized spacial score (nSPS) is 12.2. The number of ether oxygens (including phenoxy) is 1. The number of nitrogens with one attached hydrogen (secondary N) is 1. The third-order valence-electron chi connectivity index (χ3n) is 2.50. The van der Waals surface area contributed by atoms with Crippen LogP contribution in [0.15, 0.2) is 22.7 Å². The molecule has 0 bridgehead atoms. The summed E-state index contributed by atoms with van der Waals surface area (Å²) in [6.45, 7) is 0.687. The Hall–Kier alpha value is -1.11. The summed E-state index contributed by atoms with van der Waals surface area (Å²) in [7, 11) is 3.39. The Labute approximate surface area is 115 Å². The second-order valence-corrected chi connectivity index (χ2v) is 4.98. The molecule has 18 heavy (non-hydrogen) atoms. The van der Waals surface area contributed by atoms with Crippen LogP contribution in [0.4, 0.5) is 5.69 Å². The van der Waals surface area contributed by atoms with Crippen LogP contribution < -0.4 is 10.6 Å². The number of rotatable bonds is 6. The third kappa shape index (κ3) is 3.97. The molecule has 0 spiro atoms. The van der Waals surface area contributed by atoms with Gasteiger partial charge in [0, 0.05) is 36.4 Å². The zero-order chi connectivity index (χ0) is 13.7. The van der Waals surface area contributed by atoms with E-state index in [9.17, 15) is 5.11 Å². The Balaban J connectivity index is 2.91. The highest BCUT2D eigenvalue weighted by Gasteiger charge is 2.13. The maximum absolute atomic E-state index is 9.70. The van der Waals surface area contributed by atoms with Gasteiger partial charge in [0.1, 0.15) is 5.84 Å². The number of aliphatic hydroxyl groups is 1.